The lowest BCUT2D eigenvalue weighted by Crippen LogP contribution is -2.39. The number of nitrogens with one attached hydrogen (secondary N) is 1. The summed E-state index contributed by atoms with van der Waals surface area (Å²) in [6, 6.07) is 7.93. The molecule has 0 saturated heterocycles. The summed E-state index contributed by atoms with van der Waals surface area (Å²) in [6.45, 7) is 6.16. The van der Waals surface area contributed by atoms with E-state index in [-0.39, 0.29) is 5.91 Å². The average Bonchev–Trinajstić information content (AvgIpc) is 3.18. The van der Waals surface area contributed by atoms with Crippen molar-refractivity contribution in [3.05, 3.63) is 41.9 Å². The Morgan fingerprint density at radius 1 is 1.30 bits per heavy atom. The fraction of sp³-hybridized carbons (Fsp3) is 0.350. The monoisotopic (exact) mass is 365 g/mol. The van der Waals surface area contributed by atoms with E-state index in [2.05, 4.69) is 10.3 Å². The fourth-order valence-corrected chi connectivity index (χ4v) is 3.60. The highest BCUT2D eigenvalue weighted by Crippen LogP contribution is 2.40. The molecule has 0 radical (unpaired) electrons. The van der Waals surface area contributed by atoms with Gasteiger partial charge in [0.05, 0.1) is 29.8 Å². The van der Waals surface area contributed by atoms with Crippen molar-refractivity contribution in [2.24, 2.45) is 7.05 Å². The van der Waals surface area contributed by atoms with E-state index < -0.39 is 5.54 Å². The number of hydrogen-bond acceptors (Lipinski definition) is 5. The molecule has 0 unspecified atom stereocenters. The summed E-state index contributed by atoms with van der Waals surface area (Å²) in [7, 11) is 3.94. The number of carbonyl (C=O) groups is 1. The molecular weight excluding hydrogens is 342 g/mol. The molecule has 0 saturated carbocycles. The van der Waals surface area contributed by atoms with Crippen molar-refractivity contribution in [2.45, 2.75) is 32.9 Å². The van der Waals surface area contributed by atoms with Crippen LogP contribution in [0.4, 0.5) is 5.88 Å². The Hall–Kier alpha value is -3.09. The Morgan fingerprint density at radius 2 is 2.07 bits per heavy atom. The zero-order chi connectivity index (χ0) is 19.3. The lowest BCUT2D eigenvalue weighted by Gasteiger charge is -2.26. The molecule has 1 aromatic carbocycles. The van der Waals surface area contributed by atoms with Gasteiger partial charge in [-0.15, -0.1) is 0 Å². The highest BCUT2D eigenvalue weighted by Gasteiger charge is 2.30. The summed E-state index contributed by atoms with van der Waals surface area (Å²) in [6.07, 6.45) is 1.80. The molecule has 4 rings (SSSR count). The van der Waals surface area contributed by atoms with E-state index in [1.54, 1.807) is 6.33 Å². The van der Waals surface area contributed by atoms with Crippen molar-refractivity contribution in [3.63, 3.8) is 0 Å². The standard InChI is InChI=1S/C20H23N5O2/c1-12(26)23-20(2,3)14-8-6-7-13(9-14)18-22-16-17-15(21-11-25(17)5)10-24(4)19(16)27-18/h6-9,11H,10H2,1-5H3,(H,23,26). The van der Waals surface area contributed by atoms with Gasteiger partial charge in [0.15, 0.2) is 5.69 Å². The molecule has 1 N–H and O–H groups in total. The Bertz CT molecular complexity index is 1030. The minimum atomic E-state index is -0.486. The Balaban J connectivity index is 1.78. The second-order valence-electron chi connectivity index (χ2n) is 7.57. The first-order valence-electron chi connectivity index (χ1n) is 8.88. The smallest absolute Gasteiger partial charge is 0.229 e. The van der Waals surface area contributed by atoms with Gasteiger partial charge in [0.25, 0.3) is 0 Å². The largest absolute Gasteiger partial charge is 0.420 e. The first-order chi connectivity index (χ1) is 12.8. The quantitative estimate of drug-likeness (QED) is 0.772. The van der Waals surface area contributed by atoms with Crippen LogP contribution in [0.5, 0.6) is 0 Å². The van der Waals surface area contributed by atoms with Gasteiger partial charge < -0.3 is 19.2 Å². The molecule has 3 heterocycles. The van der Waals surface area contributed by atoms with E-state index in [4.69, 9.17) is 9.40 Å². The number of anilines is 1. The fourth-order valence-electron chi connectivity index (χ4n) is 3.60. The topological polar surface area (TPSA) is 76.2 Å². The molecule has 0 atom stereocenters. The lowest BCUT2D eigenvalue weighted by atomic mass is 9.92. The van der Waals surface area contributed by atoms with Crippen LogP contribution in [0, 0.1) is 0 Å². The molecule has 2 aromatic heterocycles. The first kappa shape index (κ1) is 17.3. The summed E-state index contributed by atoms with van der Waals surface area (Å²) >= 11 is 0. The number of benzene rings is 1. The zero-order valence-electron chi connectivity index (χ0n) is 16.2. The molecule has 1 aliphatic rings. The number of carbonyl (C=O) groups excluding carboxylic acids is 1. The molecule has 3 aromatic rings. The first-order valence-corrected chi connectivity index (χ1v) is 8.88. The van der Waals surface area contributed by atoms with Crippen LogP contribution < -0.4 is 10.2 Å². The predicted octanol–water partition coefficient (Wildman–Crippen LogP) is 3.06. The van der Waals surface area contributed by atoms with Gasteiger partial charge in [-0.25, -0.2) is 9.97 Å². The number of oxazole rings is 1. The molecule has 0 bridgehead atoms. The molecule has 27 heavy (non-hydrogen) atoms. The second-order valence-corrected chi connectivity index (χ2v) is 7.57. The predicted molar refractivity (Wildman–Crippen MR) is 103 cm³/mol. The van der Waals surface area contributed by atoms with Crippen molar-refractivity contribution in [1.82, 2.24) is 19.9 Å². The number of imidazole rings is 1. The molecule has 0 fully saturated rings. The molecule has 0 spiro atoms. The lowest BCUT2D eigenvalue weighted by molar-refractivity contribution is -0.120. The Labute approximate surface area is 158 Å². The maximum absolute atomic E-state index is 11.5. The number of amides is 1. The van der Waals surface area contributed by atoms with Gasteiger partial charge in [0, 0.05) is 26.6 Å². The number of fused-ring (bicyclic) bond motifs is 3. The molecule has 1 aliphatic heterocycles. The van der Waals surface area contributed by atoms with Gasteiger partial charge in [-0.1, -0.05) is 12.1 Å². The molecule has 140 valence electrons. The zero-order valence-corrected chi connectivity index (χ0v) is 16.2. The van der Waals surface area contributed by atoms with E-state index >= 15 is 0 Å². The third-order valence-electron chi connectivity index (χ3n) is 4.90. The van der Waals surface area contributed by atoms with Gasteiger partial charge in [0.2, 0.25) is 17.7 Å². The van der Waals surface area contributed by atoms with E-state index in [0.717, 1.165) is 34.1 Å². The second kappa shape index (κ2) is 5.97. The third-order valence-corrected chi connectivity index (χ3v) is 4.90. The van der Waals surface area contributed by atoms with E-state index in [1.165, 1.54) is 6.92 Å². The van der Waals surface area contributed by atoms with Gasteiger partial charge >= 0.3 is 0 Å². The van der Waals surface area contributed by atoms with Crippen LogP contribution in [0.15, 0.2) is 35.0 Å². The van der Waals surface area contributed by atoms with Crippen molar-refractivity contribution < 1.29 is 9.21 Å². The van der Waals surface area contributed by atoms with Crippen molar-refractivity contribution in [3.8, 4) is 22.8 Å². The van der Waals surface area contributed by atoms with Gasteiger partial charge in [0.1, 0.15) is 0 Å². The summed E-state index contributed by atoms with van der Waals surface area (Å²) in [4.78, 5) is 22.8. The molecule has 7 heteroatoms. The highest BCUT2D eigenvalue weighted by molar-refractivity contribution is 5.77. The van der Waals surface area contributed by atoms with E-state index in [0.29, 0.717) is 12.4 Å². The highest BCUT2D eigenvalue weighted by atomic mass is 16.4. The summed E-state index contributed by atoms with van der Waals surface area (Å²) < 4.78 is 8.10. The van der Waals surface area contributed by atoms with Gasteiger partial charge in [-0.05, 0) is 31.5 Å². The minimum Gasteiger partial charge on any atom is -0.420 e. The van der Waals surface area contributed by atoms with Crippen LogP contribution in [0.3, 0.4) is 0 Å². The van der Waals surface area contributed by atoms with Crippen LogP contribution in [-0.2, 0) is 23.9 Å². The van der Waals surface area contributed by atoms with Crippen LogP contribution in [0.25, 0.3) is 22.8 Å². The Morgan fingerprint density at radius 3 is 2.81 bits per heavy atom. The maximum Gasteiger partial charge on any atom is 0.229 e. The maximum atomic E-state index is 11.5. The molecule has 7 nitrogen and oxygen atoms in total. The normalized spacial score (nSPS) is 13.3. The number of aromatic nitrogens is 3. The Kier molecular flexibility index (Phi) is 3.83. The van der Waals surface area contributed by atoms with E-state index in [1.807, 2.05) is 61.7 Å². The molecule has 1 amide bonds. The van der Waals surface area contributed by atoms with Crippen LogP contribution in [0.1, 0.15) is 32.0 Å². The number of rotatable bonds is 3. The minimum absolute atomic E-state index is 0.0673. The van der Waals surface area contributed by atoms with Crippen molar-refractivity contribution in [1.29, 1.82) is 0 Å². The van der Waals surface area contributed by atoms with Crippen LogP contribution in [-0.4, -0.2) is 27.5 Å². The molecule has 0 aliphatic carbocycles. The summed E-state index contributed by atoms with van der Waals surface area (Å²) in [5.41, 5.74) is 4.17. The van der Waals surface area contributed by atoms with E-state index in [9.17, 15) is 4.79 Å². The summed E-state index contributed by atoms with van der Waals surface area (Å²) in [5.74, 6) is 1.23. The van der Waals surface area contributed by atoms with Gasteiger partial charge in [-0.2, -0.15) is 0 Å². The van der Waals surface area contributed by atoms with Crippen molar-refractivity contribution in [2.75, 3.05) is 11.9 Å². The average molecular weight is 365 g/mol. The van der Waals surface area contributed by atoms with Crippen molar-refractivity contribution >= 4 is 11.8 Å². The summed E-state index contributed by atoms with van der Waals surface area (Å²) in [5, 5.41) is 2.98. The number of nitrogens with zero attached hydrogens (tertiary/aromatic N) is 4. The number of hydrogen-bond donors (Lipinski definition) is 1. The SMILES string of the molecule is CC(=O)NC(C)(C)c1cccc(-c2nc3c(o2)N(C)Cc2ncn(C)c2-3)c1. The van der Waals surface area contributed by atoms with Crippen LogP contribution >= 0.6 is 0 Å². The molecular formula is C20H23N5O2. The van der Waals surface area contributed by atoms with Crippen LogP contribution in [0.2, 0.25) is 0 Å². The third kappa shape index (κ3) is 2.89. The number of aryl methyl sites for hydroxylation is 1. The van der Waals surface area contributed by atoms with Gasteiger partial charge in [-0.3, -0.25) is 4.79 Å².